The number of carbonyl (C=O) groups is 1. The van der Waals surface area contributed by atoms with Crippen LogP contribution in [0.25, 0.3) is 10.6 Å². The molecule has 2 N–H and O–H groups in total. The molecule has 0 saturated carbocycles. The van der Waals surface area contributed by atoms with Gasteiger partial charge in [0, 0.05) is 12.1 Å². The standard InChI is InChI=1S/C18H22FN3O2S/c1-11-16(25-17(20-11)13-5-7-14(19)8-6-13)12(2)21-18(24)22-9-3-4-15(22)10-23/h5-8,12,15,23H,3-4,9-10H2,1-2H3,(H,21,24)/t12?,15-/m1/s1. The zero-order chi connectivity index (χ0) is 18.0. The summed E-state index contributed by atoms with van der Waals surface area (Å²) in [5, 5.41) is 13.2. The van der Waals surface area contributed by atoms with Crippen molar-refractivity contribution < 1.29 is 14.3 Å². The van der Waals surface area contributed by atoms with Gasteiger partial charge in [0.1, 0.15) is 10.8 Å². The summed E-state index contributed by atoms with van der Waals surface area (Å²) in [7, 11) is 0. The Balaban J connectivity index is 1.73. The van der Waals surface area contributed by atoms with Crippen LogP contribution >= 0.6 is 11.3 Å². The van der Waals surface area contributed by atoms with Crippen LogP contribution in [0.1, 0.15) is 36.4 Å². The number of urea groups is 1. The van der Waals surface area contributed by atoms with Crippen molar-refractivity contribution in [1.82, 2.24) is 15.2 Å². The van der Waals surface area contributed by atoms with Crippen molar-refractivity contribution in [3.05, 3.63) is 40.7 Å². The Labute approximate surface area is 150 Å². The summed E-state index contributed by atoms with van der Waals surface area (Å²) in [5.74, 6) is -0.276. The van der Waals surface area contributed by atoms with Crippen LogP contribution in [-0.4, -0.2) is 40.2 Å². The van der Waals surface area contributed by atoms with Gasteiger partial charge in [-0.25, -0.2) is 14.2 Å². The van der Waals surface area contributed by atoms with Crippen LogP contribution in [0.15, 0.2) is 24.3 Å². The number of hydrogen-bond acceptors (Lipinski definition) is 4. The van der Waals surface area contributed by atoms with E-state index in [9.17, 15) is 14.3 Å². The number of benzene rings is 1. The molecule has 1 aromatic heterocycles. The minimum atomic E-state index is -0.276. The molecule has 3 rings (SSSR count). The van der Waals surface area contributed by atoms with Crippen molar-refractivity contribution in [2.24, 2.45) is 0 Å². The van der Waals surface area contributed by atoms with Crippen LogP contribution in [0.2, 0.25) is 0 Å². The Morgan fingerprint density at radius 1 is 1.48 bits per heavy atom. The summed E-state index contributed by atoms with van der Waals surface area (Å²) in [5.41, 5.74) is 1.72. The molecule has 1 unspecified atom stereocenters. The fourth-order valence-electron chi connectivity index (χ4n) is 3.15. The normalized spacial score (nSPS) is 18.4. The fraction of sp³-hybridized carbons (Fsp3) is 0.444. The Hall–Kier alpha value is -1.99. The monoisotopic (exact) mass is 363 g/mol. The average molecular weight is 363 g/mol. The molecular formula is C18H22FN3O2S. The minimum absolute atomic E-state index is 0.00387. The van der Waals surface area contributed by atoms with E-state index in [0.29, 0.717) is 6.54 Å². The summed E-state index contributed by atoms with van der Waals surface area (Å²) in [6.07, 6.45) is 1.76. The number of aromatic nitrogens is 1. The maximum Gasteiger partial charge on any atom is 0.318 e. The first-order valence-electron chi connectivity index (χ1n) is 8.41. The first-order valence-corrected chi connectivity index (χ1v) is 9.22. The molecule has 1 aliphatic heterocycles. The molecule has 25 heavy (non-hydrogen) atoms. The van der Waals surface area contributed by atoms with Gasteiger partial charge in [0.2, 0.25) is 0 Å². The summed E-state index contributed by atoms with van der Waals surface area (Å²) in [6, 6.07) is 5.82. The fourth-order valence-corrected chi connectivity index (χ4v) is 4.23. The van der Waals surface area contributed by atoms with Gasteiger partial charge in [-0.1, -0.05) is 0 Å². The highest BCUT2D eigenvalue weighted by atomic mass is 32.1. The minimum Gasteiger partial charge on any atom is -0.394 e. The molecule has 0 aliphatic carbocycles. The molecule has 2 aromatic rings. The molecule has 5 nitrogen and oxygen atoms in total. The van der Waals surface area contributed by atoms with E-state index < -0.39 is 0 Å². The highest BCUT2D eigenvalue weighted by molar-refractivity contribution is 7.15. The van der Waals surface area contributed by atoms with E-state index in [1.54, 1.807) is 17.0 Å². The van der Waals surface area contributed by atoms with Crippen LogP contribution < -0.4 is 5.32 Å². The number of hydrogen-bond donors (Lipinski definition) is 2. The van der Waals surface area contributed by atoms with Crippen LogP contribution in [0.4, 0.5) is 9.18 Å². The van der Waals surface area contributed by atoms with E-state index in [1.807, 2.05) is 13.8 Å². The van der Waals surface area contributed by atoms with Crippen molar-refractivity contribution in [1.29, 1.82) is 0 Å². The largest absolute Gasteiger partial charge is 0.394 e. The molecule has 0 bridgehead atoms. The molecule has 1 aliphatic rings. The predicted octanol–water partition coefficient (Wildman–Crippen LogP) is 3.48. The second-order valence-electron chi connectivity index (χ2n) is 6.32. The summed E-state index contributed by atoms with van der Waals surface area (Å²) in [6.45, 7) is 4.51. The molecule has 0 spiro atoms. The second-order valence-corrected chi connectivity index (χ2v) is 7.35. The number of thiazole rings is 1. The molecule has 134 valence electrons. The molecule has 2 heterocycles. The zero-order valence-electron chi connectivity index (χ0n) is 14.3. The highest BCUT2D eigenvalue weighted by Gasteiger charge is 2.29. The Morgan fingerprint density at radius 3 is 2.88 bits per heavy atom. The van der Waals surface area contributed by atoms with Crippen LogP contribution in [0.5, 0.6) is 0 Å². The lowest BCUT2D eigenvalue weighted by molar-refractivity contribution is 0.155. The van der Waals surface area contributed by atoms with Crippen LogP contribution in [-0.2, 0) is 0 Å². The van der Waals surface area contributed by atoms with E-state index in [1.165, 1.54) is 23.5 Å². The molecular weight excluding hydrogens is 341 g/mol. The number of amides is 2. The second kappa shape index (κ2) is 7.49. The number of aryl methyl sites for hydroxylation is 1. The Kier molecular flexibility index (Phi) is 5.34. The predicted molar refractivity (Wildman–Crippen MR) is 96.0 cm³/mol. The first kappa shape index (κ1) is 17.8. The lowest BCUT2D eigenvalue weighted by Crippen LogP contribution is -2.44. The van der Waals surface area contributed by atoms with Crippen LogP contribution in [0, 0.1) is 12.7 Å². The third kappa shape index (κ3) is 3.82. The highest BCUT2D eigenvalue weighted by Crippen LogP contribution is 2.32. The number of carbonyl (C=O) groups excluding carboxylic acids is 1. The number of aliphatic hydroxyl groups is 1. The van der Waals surface area contributed by atoms with Gasteiger partial charge in [-0.3, -0.25) is 0 Å². The molecule has 1 aromatic carbocycles. The summed E-state index contributed by atoms with van der Waals surface area (Å²) < 4.78 is 13.1. The Bertz CT molecular complexity index is 747. The van der Waals surface area contributed by atoms with E-state index in [2.05, 4.69) is 10.3 Å². The zero-order valence-corrected chi connectivity index (χ0v) is 15.1. The van der Waals surface area contributed by atoms with Crippen molar-refractivity contribution in [3.63, 3.8) is 0 Å². The molecule has 2 amide bonds. The van der Waals surface area contributed by atoms with Gasteiger partial charge in [-0.05, 0) is 51.0 Å². The number of nitrogens with zero attached hydrogens (tertiary/aromatic N) is 2. The summed E-state index contributed by atoms with van der Waals surface area (Å²) in [4.78, 5) is 19.7. The maximum atomic E-state index is 13.1. The Morgan fingerprint density at radius 2 is 2.20 bits per heavy atom. The first-order chi connectivity index (χ1) is 12.0. The van der Waals surface area contributed by atoms with Gasteiger partial charge in [0.05, 0.1) is 29.3 Å². The van der Waals surface area contributed by atoms with Crippen molar-refractivity contribution in [2.75, 3.05) is 13.2 Å². The summed E-state index contributed by atoms with van der Waals surface area (Å²) >= 11 is 1.50. The van der Waals surface area contributed by atoms with E-state index >= 15 is 0 Å². The van der Waals surface area contributed by atoms with Gasteiger partial charge < -0.3 is 15.3 Å². The number of halogens is 1. The molecule has 7 heteroatoms. The van der Waals surface area contributed by atoms with Crippen LogP contribution in [0.3, 0.4) is 0 Å². The maximum absolute atomic E-state index is 13.1. The molecule has 2 atom stereocenters. The smallest absolute Gasteiger partial charge is 0.318 e. The van der Waals surface area contributed by atoms with E-state index in [4.69, 9.17) is 0 Å². The molecule has 1 fully saturated rings. The molecule has 1 saturated heterocycles. The number of likely N-dealkylation sites (tertiary alicyclic amines) is 1. The van der Waals surface area contributed by atoms with E-state index in [-0.39, 0.29) is 30.5 Å². The quantitative estimate of drug-likeness (QED) is 0.874. The van der Waals surface area contributed by atoms with Crippen molar-refractivity contribution >= 4 is 17.4 Å². The lowest BCUT2D eigenvalue weighted by atomic mass is 10.2. The third-order valence-corrected chi connectivity index (χ3v) is 5.89. The number of aliphatic hydroxyl groups excluding tert-OH is 1. The van der Waals surface area contributed by atoms with E-state index in [0.717, 1.165) is 34.0 Å². The topological polar surface area (TPSA) is 65.5 Å². The molecule has 0 radical (unpaired) electrons. The SMILES string of the molecule is Cc1nc(-c2ccc(F)cc2)sc1C(C)NC(=O)N1CCC[C@@H]1CO. The van der Waals surface area contributed by atoms with Crippen molar-refractivity contribution in [2.45, 2.75) is 38.8 Å². The third-order valence-electron chi connectivity index (χ3n) is 4.51. The number of nitrogens with one attached hydrogen (secondary N) is 1. The van der Waals surface area contributed by atoms with Gasteiger partial charge >= 0.3 is 6.03 Å². The van der Waals surface area contributed by atoms with Gasteiger partial charge in [0.15, 0.2) is 0 Å². The lowest BCUT2D eigenvalue weighted by Gasteiger charge is -2.25. The van der Waals surface area contributed by atoms with Gasteiger partial charge in [0.25, 0.3) is 0 Å². The average Bonchev–Trinajstić information content (AvgIpc) is 3.21. The van der Waals surface area contributed by atoms with Gasteiger partial charge in [-0.2, -0.15) is 0 Å². The number of rotatable bonds is 4. The van der Waals surface area contributed by atoms with Gasteiger partial charge in [-0.15, -0.1) is 11.3 Å². The van der Waals surface area contributed by atoms with Crippen molar-refractivity contribution in [3.8, 4) is 10.6 Å².